The number of rotatable bonds is 3. The van der Waals surface area contributed by atoms with E-state index in [0.717, 1.165) is 12.1 Å². The molecule has 1 aliphatic rings. The summed E-state index contributed by atoms with van der Waals surface area (Å²) in [6, 6.07) is 9.12. The number of thioether (sulfide) groups is 1. The molecular formula is C13H11N5OS. The largest absolute Gasteiger partial charge is 0.311 e. The van der Waals surface area contributed by atoms with E-state index in [1.807, 2.05) is 0 Å². The highest BCUT2D eigenvalue weighted by atomic mass is 32.2. The first-order valence-electron chi connectivity index (χ1n) is 6.11. The third-order valence-corrected chi connectivity index (χ3v) is 4.25. The lowest BCUT2D eigenvalue weighted by molar-refractivity contribution is -0.116. The van der Waals surface area contributed by atoms with Crippen LogP contribution < -0.4 is 4.90 Å². The van der Waals surface area contributed by atoms with Crippen LogP contribution in [0.25, 0.3) is 0 Å². The van der Waals surface area contributed by atoms with Gasteiger partial charge in [0.2, 0.25) is 5.91 Å². The van der Waals surface area contributed by atoms with Crippen molar-refractivity contribution in [3.05, 3.63) is 36.2 Å². The molecular weight excluding hydrogens is 274 g/mol. The van der Waals surface area contributed by atoms with Crippen LogP contribution in [0.15, 0.2) is 35.7 Å². The number of anilines is 1. The number of carbonyl (C=O) groups is 1. The predicted octanol–water partition coefficient (Wildman–Crippen LogP) is 1.57. The molecule has 2 aromatic rings. The first-order valence-corrected chi connectivity index (χ1v) is 6.99. The summed E-state index contributed by atoms with van der Waals surface area (Å²) >= 11 is 1.40. The number of aromatic amines is 1. The van der Waals surface area contributed by atoms with Crippen molar-refractivity contribution in [3.63, 3.8) is 0 Å². The molecule has 20 heavy (non-hydrogen) atoms. The van der Waals surface area contributed by atoms with Crippen molar-refractivity contribution in [2.24, 2.45) is 0 Å². The molecule has 1 saturated heterocycles. The van der Waals surface area contributed by atoms with E-state index in [-0.39, 0.29) is 11.2 Å². The van der Waals surface area contributed by atoms with Crippen molar-refractivity contribution in [3.8, 4) is 6.07 Å². The summed E-state index contributed by atoms with van der Waals surface area (Å²) in [5.41, 5.74) is 1.42. The van der Waals surface area contributed by atoms with E-state index in [0.29, 0.717) is 17.3 Å². The van der Waals surface area contributed by atoms with Crippen molar-refractivity contribution in [1.29, 1.82) is 5.26 Å². The standard InChI is InChI=1S/C13H11N5OS/c14-7-9-1-3-10(4-2-9)18-6-5-11(12(18)19)20-13-15-8-16-17-13/h1-4,8,11H,5-6H2,(H,15,16,17)/t11-/m1/s1. The van der Waals surface area contributed by atoms with Crippen LogP contribution in [0, 0.1) is 11.3 Å². The fraction of sp³-hybridized carbons (Fsp3) is 0.231. The molecule has 1 aromatic carbocycles. The summed E-state index contributed by atoms with van der Waals surface area (Å²) in [4.78, 5) is 18.1. The molecule has 1 fully saturated rings. The highest BCUT2D eigenvalue weighted by molar-refractivity contribution is 8.00. The van der Waals surface area contributed by atoms with Gasteiger partial charge in [-0.05, 0) is 30.7 Å². The summed E-state index contributed by atoms with van der Waals surface area (Å²) < 4.78 is 0. The fourth-order valence-electron chi connectivity index (χ4n) is 2.12. The Balaban J connectivity index is 1.73. The Kier molecular flexibility index (Phi) is 3.39. The molecule has 0 spiro atoms. The van der Waals surface area contributed by atoms with Gasteiger partial charge in [0.1, 0.15) is 6.33 Å². The van der Waals surface area contributed by atoms with Crippen molar-refractivity contribution in [1.82, 2.24) is 15.2 Å². The van der Waals surface area contributed by atoms with Crippen LogP contribution in [0.1, 0.15) is 12.0 Å². The molecule has 1 amide bonds. The molecule has 1 N–H and O–H groups in total. The van der Waals surface area contributed by atoms with E-state index in [2.05, 4.69) is 21.3 Å². The number of nitrogens with one attached hydrogen (secondary N) is 1. The second-order valence-electron chi connectivity index (χ2n) is 4.33. The molecule has 6 nitrogen and oxygen atoms in total. The van der Waals surface area contributed by atoms with Crippen LogP contribution in [0.4, 0.5) is 5.69 Å². The van der Waals surface area contributed by atoms with Crippen LogP contribution >= 0.6 is 11.8 Å². The lowest BCUT2D eigenvalue weighted by Crippen LogP contribution is -2.27. The molecule has 3 rings (SSSR count). The molecule has 1 aromatic heterocycles. The highest BCUT2D eigenvalue weighted by Gasteiger charge is 2.33. The van der Waals surface area contributed by atoms with Gasteiger partial charge in [0, 0.05) is 12.2 Å². The average Bonchev–Trinajstić information content (AvgIpc) is 3.11. The van der Waals surface area contributed by atoms with Crippen LogP contribution in [0.3, 0.4) is 0 Å². The first kappa shape index (κ1) is 12.7. The fourth-order valence-corrected chi connectivity index (χ4v) is 3.06. The van der Waals surface area contributed by atoms with Crippen molar-refractivity contribution >= 4 is 23.4 Å². The molecule has 0 unspecified atom stereocenters. The molecule has 0 saturated carbocycles. The monoisotopic (exact) mass is 285 g/mol. The third kappa shape index (κ3) is 2.38. The van der Waals surface area contributed by atoms with Crippen LogP contribution in [-0.4, -0.2) is 32.9 Å². The second kappa shape index (κ2) is 5.35. The van der Waals surface area contributed by atoms with Crippen molar-refractivity contribution in [2.45, 2.75) is 16.8 Å². The number of nitrogens with zero attached hydrogens (tertiary/aromatic N) is 4. The van der Waals surface area contributed by atoms with E-state index in [1.165, 1.54) is 18.1 Å². The normalized spacial score (nSPS) is 18.2. The number of carbonyl (C=O) groups excluding carboxylic acids is 1. The minimum absolute atomic E-state index is 0.0658. The summed E-state index contributed by atoms with van der Waals surface area (Å²) in [7, 11) is 0. The Bertz CT molecular complexity index is 646. The van der Waals surface area contributed by atoms with Crippen LogP contribution in [0.2, 0.25) is 0 Å². The number of amides is 1. The molecule has 1 aliphatic heterocycles. The summed E-state index contributed by atoms with van der Waals surface area (Å²) in [5.74, 6) is 0.0658. The summed E-state index contributed by atoms with van der Waals surface area (Å²) in [5, 5.41) is 15.8. The van der Waals surface area contributed by atoms with Gasteiger partial charge in [0.05, 0.1) is 16.9 Å². The van der Waals surface area contributed by atoms with Gasteiger partial charge in [-0.1, -0.05) is 11.8 Å². The maximum atomic E-state index is 12.4. The van der Waals surface area contributed by atoms with Gasteiger partial charge < -0.3 is 4.90 Å². The average molecular weight is 285 g/mol. The zero-order valence-electron chi connectivity index (χ0n) is 10.5. The van der Waals surface area contributed by atoms with Gasteiger partial charge in [-0.15, -0.1) is 0 Å². The Labute approximate surface area is 119 Å². The Morgan fingerprint density at radius 3 is 2.85 bits per heavy atom. The van der Waals surface area contributed by atoms with Gasteiger partial charge in [-0.2, -0.15) is 10.4 Å². The van der Waals surface area contributed by atoms with E-state index < -0.39 is 0 Å². The number of aromatic nitrogens is 3. The third-order valence-electron chi connectivity index (χ3n) is 3.11. The van der Waals surface area contributed by atoms with E-state index in [1.54, 1.807) is 29.2 Å². The molecule has 0 aliphatic carbocycles. The number of H-pyrrole nitrogens is 1. The maximum Gasteiger partial charge on any atom is 0.240 e. The Morgan fingerprint density at radius 1 is 1.40 bits per heavy atom. The zero-order valence-corrected chi connectivity index (χ0v) is 11.3. The molecule has 1 atom stereocenters. The molecule has 2 heterocycles. The van der Waals surface area contributed by atoms with Crippen molar-refractivity contribution < 1.29 is 4.79 Å². The second-order valence-corrected chi connectivity index (χ2v) is 5.53. The smallest absolute Gasteiger partial charge is 0.240 e. The minimum atomic E-state index is -0.140. The van der Waals surface area contributed by atoms with E-state index >= 15 is 0 Å². The Hall–Kier alpha value is -2.33. The maximum absolute atomic E-state index is 12.4. The lowest BCUT2D eigenvalue weighted by Gasteiger charge is -2.16. The molecule has 0 bridgehead atoms. The number of benzene rings is 1. The molecule has 100 valence electrons. The lowest BCUT2D eigenvalue weighted by atomic mass is 10.2. The predicted molar refractivity (Wildman–Crippen MR) is 74.2 cm³/mol. The molecule has 7 heteroatoms. The zero-order chi connectivity index (χ0) is 13.9. The first-order chi connectivity index (χ1) is 9.78. The summed E-state index contributed by atoms with van der Waals surface area (Å²) in [6.45, 7) is 0.677. The van der Waals surface area contributed by atoms with Gasteiger partial charge in [0.25, 0.3) is 0 Å². The van der Waals surface area contributed by atoms with Gasteiger partial charge in [-0.25, -0.2) is 4.98 Å². The van der Waals surface area contributed by atoms with Gasteiger partial charge >= 0.3 is 0 Å². The number of hydrogen-bond donors (Lipinski definition) is 1. The van der Waals surface area contributed by atoms with Gasteiger partial charge in [-0.3, -0.25) is 9.89 Å². The van der Waals surface area contributed by atoms with E-state index in [9.17, 15) is 4.79 Å². The topological polar surface area (TPSA) is 85.7 Å². The Morgan fingerprint density at radius 2 is 2.20 bits per heavy atom. The van der Waals surface area contributed by atoms with Gasteiger partial charge in [0.15, 0.2) is 5.16 Å². The number of hydrogen-bond acceptors (Lipinski definition) is 5. The highest BCUT2D eigenvalue weighted by Crippen LogP contribution is 2.31. The van der Waals surface area contributed by atoms with Crippen LogP contribution in [0.5, 0.6) is 0 Å². The van der Waals surface area contributed by atoms with Crippen molar-refractivity contribution in [2.75, 3.05) is 11.4 Å². The minimum Gasteiger partial charge on any atom is -0.311 e. The summed E-state index contributed by atoms with van der Waals surface area (Å²) in [6.07, 6.45) is 2.20. The van der Waals surface area contributed by atoms with E-state index in [4.69, 9.17) is 5.26 Å². The molecule has 0 radical (unpaired) electrons. The SMILES string of the molecule is N#Cc1ccc(N2CC[C@@H](Sc3ncn[nH]3)C2=O)cc1. The number of nitriles is 1. The van der Waals surface area contributed by atoms with Crippen LogP contribution in [-0.2, 0) is 4.79 Å². The quantitative estimate of drug-likeness (QED) is 0.925.